The highest BCUT2D eigenvalue weighted by Crippen LogP contribution is 2.43. The highest BCUT2D eigenvalue weighted by molar-refractivity contribution is 7.89. The first-order chi connectivity index (χ1) is 14.8. The van der Waals surface area contributed by atoms with Crippen LogP contribution in [0.2, 0.25) is 0 Å². The molecule has 0 amide bonds. The molecular weight excluding hydrogens is 414 g/mol. The van der Waals surface area contributed by atoms with Gasteiger partial charge >= 0.3 is 0 Å². The van der Waals surface area contributed by atoms with Gasteiger partial charge in [0.15, 0.2) is 0 Å². The van der Waals surface area contributed by atoms with E-state index in [1.807, 2.05) is 37.3 Å². The summed E-state index contributed by atoms with van der Waals surface area (Å²) in [6, 6.07) is 18.6. The van der Waals surface area contributed by atoms with Gasteiger partial charge in [0.25, 0.3) is 0 Å². The summed E-state index contributed by atoms with van der Waals surface area (Å²) in [5.41, 5.74) is 2.29. The molecule has 0 radical (unpaired) electrons. The van der Waals surface area contributed by atoms with Gasteiger partial charge in [-0.05, 0) is 31.5 Å². The molecule has 0 aliphatic rings. The number of benzene rings is 3. The van der Waals surface area contributed by atoms with E-state index in [2.05, 4.69) is 4.72 Å². The smallest absolute Gasteiger partial charge is 0.240 e. The molecule has 3 aromatic carbocycles. The van der Waals surface area contributed by atoms with Crippen LogP contribution >= 0.6 is 0 Å². The lowest BCUT2D eigenvalue weighted by molar-refractivity contribution is 0.373. The van der Waals surface area contributed by atoms with Crippen molar-refractivity contribution in [3.8, 4) is 17.2 Å². The van der Waals surface area contributed by atoms with E-state index in [1.54, 1.807) is 37.3 Å². The number of sulfonamides is 1. The van der Waals surface area contributed by atoms with E-state index in [-0.39, 0.29) is 10.6 Å². The number of hydrogen-bond acceptors (Lipinski definition) is 5. The summed E-state index contributed by atoms with van der Waals surface area (Å²) in [5, 5.41) is 10.8. The van der Waals surface area contributed by atoms with Crippen molar-refractivity contribution in [1.82, 2.24) is 4.72 Å². The minimum Gasteiger partial charge on any atom is -0.507 e. The molecule has 7 heteroatoms. The number of phenols is 1. The monoisotopic (exact) mass is 441 g/mol. The predicted octanol–water partition coefficient (Wildman–Crippen LogP) is 4.22. The summed E-state index contributed by atoms with van der Waals surface area (Å²) in [7, 11) is -0.778. The van der Waals surface area contributed by atoms with Gasteiger partial charge in [-0.25, -0.2) is 13.1 Å². The molecule has 0 bridgehead atoms. The van der Waals surface area contributed by atoms with E-state index in [4.69, 9.17) is 9.47 Å². The van der Waals surface area contributed by atoms with Gasteiger partial charge in [-0.1, -0.05) is 48.0 Å². The molecule has 164 valence electrons. The second kappa shape index (κ2) is 9.41. The Morgan fingerprint density at radius 1 is 0.935 bits per heavy atom. The van der Waals surface area contributed by atoms with Crippen LogP contribution in [-0.2, 0) is 10.0 Å². The molecular formula is C24H27NO5S. The van der Waals surface area contributed by atoms with Gasteiger partial charge in [0, 0.05) is 29.7 Å². The number of ether oxygens (including phenoxy) is 2. The normalized spacial score (nSPS) is 13.4. The molecule has 0 heterocycles. The van der Waals surface area contributed by atoms with Crippen LogP contribution in [0.4, 0.5) is 0 Å². The zero-order valence-electron chi connectivity index (χ0n) is 18.0. The lowest BCUT2D eigenvalue weighted by Gasteiger charge is -2.28. The van der Waals surface area contributed by atoms with E-state index in [1.165, 1.54) is 20.3 Å². The molecule has 0 spiro atoms. The quantitative estimate of drug-likeness (QED) is 0.547. The average Bonchev–Trinajstić information content (AvgIpc) is 2.75. The van der Waals surface area contributed by atoms with E-state index in [0.29, 0.717) is 17.1 Å². The molecule has 0 fully saturated rings. The third kappa shape index (κ3) is 5.00. The van der Waals surface area contributed by atoms with Gasteiger partial charge in [-0.15, -0.1) is 0 Å². The fourth-order valence-electron chi connectivity index (χ4n) is 3.65. The second-order valence-electron chi connectivity index (χ2n) is 7.37. The third-order valence-corrected chi connectivity index (χ3v) is 6.77. The van der Waals surface area contributed by atoms with E-state index in [0.717, 1.165) is 11.1 Å². The molecule has 0 aliphatic carbocycles. The molecule has 6 nitrogen and oxygen atoms in total. The van der Waals surface area contributed by atoms with E-state index in [9.17, 15) is 13.5 Å². The van der Waals surface area contributed by atoms with Crippen LogP contribution in [0.15, 0.2) is 71.6 Å². The maximum absolute atomic E-state index is 13.0. The molecule has 0 saturated heterocycles. The molecule has 3 rings (SSSR count). The average molecular weight is 442 g/mol. The van der Waals surface area contributed by atoms with Crippen LogP contribution in [0.25, 0.3) is 0 Å². The third-order valence-electron chi connectivity index (χ3n) is 5.19. The zero-order chi connectivity index (χ0) is 22.6. The first-order valence-electron chi connectivity index (χ1n) is 9.85. The van der Waals surface area contributed by atoms with Crippen molar-refractivity contribution in [2.24, 2.45) is 0 Å². The number of rotatable bonds is 8. The Bertz CT molecular complexity index is 1130. The van der Waals surface area contributed by atoms with Crippen molar-refractivity contribution in [2.75, 3.05) is 14.2 Å². The molecule has 2 atom stereocenters. The molecule has 0 saturated carbocycles. The van der Waals surface area contributed by atoms with Gasteiger partial charge in [0.05, 0.1) is 19.1 Å². The van der Waals surface area contributed by atoms with Crippen molar-refractivity contribution in [3.63, 3.8) is 0 Å². The molecule has 3 aromatic rings. The van der Waals surface area contributed by atoms with Gasteiger partial charge in [0.2, 0.25) is 10.0 Å². The lowest BCUT2D eigenvalue weighted by Crippen LogP contribution is -2.37. The number of hydrogen-bond donors (Lipinski definition) is 2. The molecule has 31 heavy (non-hydrogen) atoms. The highest BCUT2D eigenvalue weighted by Gasteiger charge is 2.31. The summed E-state index contributed by atoms with van der Waals surface area (Å²) < 4.78 is 39.6. The fourth-order valence-corrected chi connectivity index (χ4v) is 4.91. The summed E-state index contributed by atoms with van der Waals surface area (Å²) in [6.07, 6.45) is 0. The molecule has 0 aromatic heterocycles. The second-order valence-corrected chi connectivity index (χ2v) is 9.09. The fraction of sp³-hybridized carbons (Fsp3) is 0.250. The first kappa shape index (κ1) is 22.7. The largest absolute Gasteiger partial charge is 0.507 e. The number of nitrogens with one attached hydrogen (secondary N) is 1. The predicted molar refractivity (Wildman–Crippen MR) is 120 cm³/mol. The van der Waals surface area contributed by atoms with Crippen molar-refractivity contribution < 1.29 is 23.0 Å². The standard InChI is InChI=1S/C24H27NO5S/c1-16-10-12-20(13-11-16)31(27,28)25-17(2)23(18-8-6-5-7-9-18)24-21(26)14-19(29-3)15-22(24)30-4/h5-15,17,23,25-26H,1-4H3/t17-,23+/m1/s1. The van der Waals surface area contributed by atoms with Crippen LogP contribution < -0.4 is 14.2 Å². The van der Waals surface area contributed by atoms with Crippen LogP contribution in [-0.4, -0.2) is 33.8 Å². The Balaban J connectivity index is 2.08. The van der Waals surface area contributed by atoms with Crippen LogP contribution in [0, 0.1) is 6.92 Å². The Morgan fingerprint density at radius 3 is 2.16 bits per heavy atom. The maximum Gasteiger partial charge on any atom is 0.240 e. The summed E-state index contributed by atoms with van der Waals surface area (Å²) >= 11 is 0. The molecule has 0 unspecified atom stereocenters. The van der Waals surface area contributed by atoms with Gasteiger partial charge < -0.3 is 14.6 Å². The minimum absolute atomic E-state index is 0.0357. The van der Waals surface area contributed by atoms with Gasteiger partial charge in [-0.2, -0.15) is 0 Å². The first-order valence-corrected chi connectivity index (χ1v) is 11.3. The Kier molecular flexibility index (Phi) is 6.87. The van der Waals surface area contributed by atoms with Gasteiger partial charge in [0.1, 0.15) is 17.2 Å². The van der Waals surface area contributed by atoms with Gasteiger partial charge in [-0.3, -0.25) is 0 Å². The van der Waals surface area contributed by atoms with Crippen molar-refractivity contribution in [2.45, 2.75) is 30.7 Å². The summed E-state index contributed by atoms with van der Waals surface area (Å²) in [4.78, 5) is 0.183. The van der Waals surface area contributed by atoms with Crippen LogP contribution in [0.5, 0.6) is 17.2 Å². The maximum atomic E-state index is 13.0. The molecule has 2 N–H and O–H groups in total. The van der Waals surface area contributed by atoms with Crippen LogP contribution in [0.3, 0.4) is 0 Å². The Morgan fingerprint density at radius 2 is 1.58 bits per heavy atom. The summed E-state index contributed by atoms with van der Waals surface area (Å²) in [5.74, 6) is 0.304. The van der Waals surface area contributed by atoms with E-state index >= 15 is 0 Å². The lowest BCUT2D eigenvalue weighted by atomic mass is 9.85. The molecule has 0 aliphatic heterocycles. The van der Waals surface area contributed by atoms with Crippen molar-refractivity contribution in [1.29, 1.82) is 0 Å². The summed E-state index contributed by atoms with van der Waals surface area (Å²) in [6.45, 7) is 3.67. The van der Waals surface area contributed by atoms with Crippen LogP contribution in [0.1, 0.15) is 29.5 Å². The topological polar surface area (TPSA) is 84.9 Å². The zero-order valence-corrected chi connectivity index (χ0v) is 18.8. The Hall–Kier alpha value is -3.03. The van der Waals surface area contributed by atoms with Crippen molar-refractivity contribution >= 4 is 10.0 Å². The Labute approximate surface area is 183 Å². The number of aryl methyl sites for hydroxylation is 1. The van der Waals surface area contributed by atoms with E-state index < -0.39 is 22.0 Å². The SMILES string of the molecule is COc1cc(O)c([C@H](c2ccccc2)[C@@H](C)NS(=O)(=O)c2ccc(C)cc2)c(OC)c1. The minimum atomic E-state index is -3.78. The number of phenolic OH excluding ortho intramolecular Hbond substituents is 1. The number of aromatic hydroxyl groups is 1. The number of methoxy groups -OCH3 is 2. The van der Waals surface area contributed by atoms with Crippen molar-refractivity contribution in [3.05, 3.63) is 83.4 Å². The highest BCUT2D eigenvalue weighted by atomic mass is 32.2.